The number of H-pyrrole nitrogens is 1. The number of nitrogens with zero attached hydrogens (tertiary/aromatic N) is 1. The van der Waals surface area contributed by atoms with Gasteiger partial charge in [0.1, 0.15) is 12.4 Å². The molecular formula is C32H34N2O4. The third-order valence-corrected chi connectivity index (χ3v) is 7.28. The molecule has 0 saturated carbocycles. The van der Waals surface area contributed by atoms with Gasteiger partial charge in [-0.15, -0.1) is 0 Å². The van der Waals surface area contributed by atoms with E-state index in [-0.39, 0.29) is 12.6 Å². The molecule has 3 aromatic carbocycles. The fourth-order valence-corrected chi connectivity index (χ4v) is 5.37. The number of carbonyl (C=O) groups excluding carboxylic acids is 1. The van der Waals surface area contributed by atoms with Crippen LogP contribution in [0.5, 0.6) is 5.75 Å². The summed E-state index contributed by atoms with van der Waals surface area (Å²) >= 11 is 0. The maximum Gasteiger partial charge on any atom is 0.330 e. The Kier molecular flexibility index (Phi) is 8.22. The van der Waals surface area contributed by atoms with E-state index in [0.717, 1.165) is 43.7 Å². The van der Waals surface area contributed by atoms with Gasteiger partial charge in [0, 0.05) is 42.3 Å². The number of ether oxygens (including phenoxy) is 2. The lowest BCUT2D eigenvalue weighted by atomic mass is 10.0. The second-order valence-corrected chi connectivity index (χ2v) is 9.67. The minimum atomic E-state index is -0.348. The van der Waals surface area contributed by atoms with Gasteiger partial charge in [-0.25, -0.2) is 4.79 Å². The molecule has 0 saturated heterocycles. The zero-order chi connectivity index (χ0) is 26.3. The van der Waals surface area contributed by atoms with Crippen molar-refractivity contribution in [1.29, 1.82) is 0 Å². The zero-order valence-electron chi connectivity index (χ0n) is 21.7. The van der Waals surface area contributed by atoms with Crippen molar-refractivity contribution in [2.45, 2.75) is 31.8 Å². The number of benzene rings is 3. The van der Waals surface area contributed by atoms with E-state index in [1.54, 1.807) is 0 Å². The Morgan fingerprint density at radius 3 is 2.79 bits per heavy atom. The summed E-state index contributed by atoms with van der Waals surface area (Å²) in [5.74, 6) is 0.423. The largest absolute Gasteiger partial charge is 0.491 e. The van der Waals surface area contributed by atoms with Gasteiger partial charge in [-0.3, -0.25) is 4.90 Å². The minimum absolute atomic E-state index is 0.00461. The number of fused-ring (bicyclic) bond motifs is 2. The van der Waals surface area contributed by atoms with Crippen molar-refractivity contribution in [2.24, 2.45) is 0 Å². The summed E-state index contributed by atoms with van der Waals surface area (Å²) < 4.78 is 10.3. The topological polar surface area (TPSA) is 74.8 Å². The van der Waals surface area contributed by atoms with Crippen LogP contribution in [0.4, 0.5) is 0 Å². The smallest absolute Gasteiger partial charge is 0.330 e. The van der Waals surface area contributed by atoms with Crippen molar-refractivity contribution in [3.05, 3.63) is 107 Å². The first kappa shape index (κ1) is 25.8. The van der Waals surface area contributed by atoms with Crippen molar-refractivity contribution in [3.8, 4) is 5.75 Å². The van der Waals surface area contributed by atoms with Crippen LogP contribution in [0.1, 0.15) is 40.3 Å². The highest BCUT2D eigenvalue weighted by atomic mass is 16.5. The predicted octanol–water partition coefficient (Wildman–Crippen LogP) is 5.46. The summed E-state index contributed by atoms with van der Waals surface area (Å²) in [5.41, 5.74) is 7.45. The molecule has 0 amide bonds. The molecule has 1 aliphatic rings. The molecule has 1 heterocycles. The molecule has 0 spiro atoms. The average Bonchev–Trinajstić information content (AvgIpc) is 3.57. The number of hydrogen-bond donors (Lipinski definition) is 2. The van der Waals surface area contributed by atoms with E-state index in [0.29, 0.717) is 12.6 Å². The number of aliphatic hydroxyl groups is 1. The average molecular weight is 511 g/mol. The van der Waals surface area contributed by atoms with Crippen LogP contribution in [-0.2, 0) is 28.9 Å². The number of nitrogens with one attached hydrogen (secondary N) is 1. The van der Waals surface area contributed by atoms with Gasteiger partial charge in [0.15, 0.2) is 0 Å². The standard InChI is InChI=1S/C32H34N2O4/c1-37-32(36)15-9-23-8-13-29-25(20-23)10-14-31(29)34(22-24-6-11-27(12-7-24)38-19-18-35)17-16-26-21-33-30-5-3-2-4-28(26)30/h2-9,11-13,15,20-21,31,33,35H,10,14,16-19,22H2,1H3. The number of aliphatic hydroxyl groups excluding tert-OH is 1. The van der Waals surface area contributed by atoms with Crippen LogP contribution in [0, 0.1) is 0 Å². The summed E-state index contributed by atoms with van der Waals surface area (Å²) in [4.78, 5) is 17.5. The first-order valence-corrected chi connectivity index (χ1v) is 13.1. The lowest BCUT2D eigenvalue weighted by molar-refractivity contribution is -0.134. The Morgan fingerprint density at radius 2 is 1.97 bits per heavy atom. The molecule has 2 N–H and O–H groups in total. The third-order valence-electron chi connectivity index (χ3n) is 7.28. The highest BCUT2D eigenvalue weighted by molar-refractivity contribution is 5.87. The maximum atomic E-state index is 11.5. The van der Waals surface area contributed by atoms with E-state index in [1.807, 2.05) is 18.2 Å². The van der Waals surface area contributed by atoms with E-state index in [9.17, 15) is 4.79 Å². The van der Waals surface area contributed by atoms with Crippen LogP contribution in [0.25, 0.3) is 17.0 Å². The second-order valence-electron chi connectivity index (χ2n) is 9.67. The van der Waals surface area contributed by atoms with Crippen molar-refractivity contribution < 1.29 is 19.4 Å². The normalized spacial score (nSPS) is 14.9. The summed E-state index contributed by atoms with van der Waals surface area (Å²) in [6, 6.07) is 23.5. The molecule has 196 valence electrons. The van der Waals surface area contributed by atoms with Gasteiger partial charge in [-0.2, -0.15) is 0 Å². The molecule has 4 aromatic rings. The Hall–Kier alpha value is -3.87. The number of carbonyl (C=O) groups is 1. The molecule has 1 atom stereocenters. The first-order valence-electron chi connectivity index (χ1n) is 13.1. The monoisotopic (exact) mass is 510 g/mol. The van der Waals surface area contributed by atoms with Crippen LogP contribution in [0.2, 0.25) is 0 Å². The number of para-hydroxylation sites is 1. The molecule has 0 radical (unpaired) electrons. The van der Waals surface area contributed by atoms with E-state index >= 15 is 0 Å². The van der Waals surface area contributed by atoms with Gasteiger partial charge in [0.05, 0.1) is 13.7 Å². The predicted molar refractivity (Wildman–Crippen MR) is 150 cm³/mol. The van der Waals surface area contributed by atoms with Gasteiger partial charge < -0.3 is 19.6 Å². The van der Waals surface area contributed by atoms with Crippen LogP contribution >= 0.6 is 0 Å². The first-order chi connectivity index (χ1) is 18.6. The SMILES string of the molecule is COC(=O)C=Cc1ccc2c(c1)CCC2N(CCc1c[nH]c2ccccc12)Cc1ccc(OCCO)cc1. The molecule has 1 unspecified atom stereocenters. The van der Waals surface area contributed by atoms with Crippen molar-refractivity contribution in [2.75, 3.05) is 26.9 Å². The molecule has 1 aromatic heterocycles. The molecule has 1 aliphatic carbocycles. The van der Waals surface area contributed by atoms with Gasteiger partial charge >= 0.3 is 5.97 Å². The summed E-state index contributed by atoms with van der Waals surface area (Å²) in [5, 5.41) is 10.3. The van der Waals surface area contributed by atoms with Crippen molar-refractivity contribution in [1.82, 2.24) is 9.88 Å². The molecule has 0 bridgehead atoms. The van der Waals surface area contributed by atoms with E-state index < -0.39 is 0 Å². The van der Waals surface area contributed by atoms with Crippen LogP contribution in [0.3, 0.4) is 0 Å². The van der Waals surface area contributed by atoms with Gasteiger partial charge in [0.2, 0.25) is 0 Å². The van der Waals surface area contributed by atoms with Crippen LogP contribution in [0.15, 0.2) is 79.0 Å². The maximum absolute atomic E-state index is 11.5. The fourth-order valence-electron chi connectivity index (χ4n) is 5.37. The van der Waals surface area contributed by atoms with Crippen LogP contribution in [-0.4, -0.2) is 47.8 Å². The molecule has 5 rings (SSSR count). The minimum Gasteiger partial charge on any atom is -0.491 e. The lowest BCUT2D eigenvalue weighted by Gasteiger charge is -2.30. The Labute approximate surface area is 223 Å². The van der Waals surface area contributed by atoms with Crippen LogP contribution < -0.4 is 4.74 Å². The molecule has 6 heteroatoms. The second kappa shape index (κ2) is 12.1. The summed E-state index contributed by atoms with van der Waals surface area (Å²) in [7, 11) is 1.39. The van der Waals surface area contributed by atoms with Gasteiger partial charge in [0.25, 0.3) is 0 Å². The molecule has 0 aliphatic heterocycles. The highest BCUT2D eigenvalue weighted by Crippen LogP contribution is 2.37. The van der Waals surface area contributed by atoms with E-state index in [1.165, 1.54) is 46.3 Å². The molecule has 38 heavy (non-hydrogen) atoms. The quantitative estimate of drug-likeness (QED) is 0.207. The fraction of sp³-hybridized carbons (Fsp3) is 0.281. The van der Waals surface area contributed by atoms with Crippen molar-refractivity contribution in [3.63, 3.8) is 0 Å². The number of rotatable bonds is 11. The Morgan fingerprint density at radius 1 is 1.13 bits per heavy atom. The Bertz CT molecular complexity index is 1410. The third kappa shape index (κ3) is 5.98. The van der Waals surface area contributed by atoms with Gasteiger partial charge in [-0.05, 0) is 71.4 Å². The van der Waals surface area contributed by atoms with Gasteiger partial charge in [-0.1, -0.05) is 48.5 Å². The lowest BCUT2D eigenvalue weighted by Crippen LogP contribution is -2.29. The summed E-state index contributed by atoms with van der Waals surface area (Å²) in [6.45, 7) is 2.06. The number of aromatic amines is 1. The highest BCUT2D eigenvalue weighted by Gasteiger charge is 2.28. The number of hydrogen-bond acceptors (Lipinski definition) is 5. The Balaban J connectivity index is 1.37. The molecule has 0 fully saturated rings. The molecule has 6 nitrogen and oxygen atoms in total. The number of aromatic nitrogens is 1. The van der Waals surface area contributed by atoms with E-state index in [2.05, 4.69) is 70.7 Å². The summed E-state index contributed by atoms with van der Waals surface area (Å²) in [6.07, 6.45) is 8.44. The number of esters is 1. The molecular weight excluding hydrogens is 476 g/mol. The number of aryl methyl sites for hydroxylation is 1. The van der Waals surface area contributed by atoms with Crippen molar-refractivity contribution >= 4 is 22.9 Å². The van der Waals surface area contributed by atoms with E-state index in [4.69, 9.17) is 14.6 Å². The zero-order valence-corrected chi connectivity index (χ0v) is 21.7. The number of methoxy groups -OCH3 is 1.